The predicted molar refractivity (Wildman–Crippen MR) is 64.9 cm³/mol. The molecule has 3 heteroatoms. The third-order valence-corrected chi connectivity index (χ3v) is 3.67. The van der Waals surface area contributed by atoms with E-state index >= 15 is 0 Å². The Hall–Kier alpha value is 0.500. The van der Waals surface area contributed by atoms with Crippen LogP contribution in [0, 0.1) is 5.41 Å². The third-order valence-electron chi connectivity index (χ3n) is 2.27. The number of carbonyl (C=O) groups is 1. The van der Waals surface area contributed by atoms with Crippen LogP contribution in [-0.4, -0.2) is 16.8 Å². The fraction of sp³-hybridized carbons (Fsp3) is 0.900. The van der Waals surface area contributed by atoms with Crippen LogP contribution in [-0.2, 0) is 4.79 Å². The second-order valence-corrected chi connectivity index (χ2v) is 5.92. The minimum atomic E-state index is -0.136. The smallest absolute Gasteiger partial charge is 0.139 e. The minimum absolute atomic E-state index is 0. The molecule has 1 aliphatic heterocycles. The summed E-state index contributed by atoms with van der Waals surface area (Å²) >= 11 is 1.97. The molecule has 0 aliphatic carbocycles. The molecule has 78 valence electrons. The van der Waals surface area contributed by atoms with E-state index in [1.165, 1.54) is 18.6 Å². The molecule has 0 amide bonds. The summed E-state index contributed by atoms with van der Waals surface area (Å²) in [6.07, 6.45) is 3.33. The van der Waals surface area contributed by atoms with E-state index in [0.717, 1.165) is 6.42 Å². The molecular formula is C10H19BrOS. The van der Waals surface area contributed by atoms with Crippen LogP contribution in [0.25, 0.3) is 0 Å². The summed E-state index contributed by atoms with van der Waals surface area (Å²) in [6.45, 7) is 6.03. The van der Waals surface area contributed by atoms with Crippen molar-refractivity contribution in [3.63, 3.8) is 0 Å². The molecule has 1 saturated heterocycles. The molecule has 1 heterocycles. The topological polar surface area (TPSA) is 17.1 Å². The summed E-state index contributed by atoms with van der Waals surface area (Å²) < 4.78 is 0. The van der Waals surface area contributed by atoms with Crippen LogP contribution in [0.3, 0.4) is 0 Å². The molecule has 0 aromatic carbocycles. The standard InChI is InChI=1S/C10H18OS.BrH/c1-10(2,3)9(11)7-8-5-4-6-12-8;/h8H,4-7H2,1-3H3;1H. The first kappa shape index (κ1) is 13.5. The van der Waals surface area contributed by atoms with Crippen molar-refractivity contribution in [3.05, 3.63) is 0 Å². The van der Waals surface area contributed by atoms with E-state index in [1.54, 1.807) is 0 Å². The number of carbonyl (C=O) groups excluding carboxylic acids is 1. The van der Waals surface area contributed by atoms with Gasteiger partial charge in [0.25, 0.3) is 0 Å². The molecule has 1 aliphatic rings. The van der Waals surface area contributed by atoms with Crippen molar-refractivity contribution in [2.24, 2.45) is 5.41 Å². The molecule has 1 atom stereocenters. The van der Waals surface area contributed by atoms with Crippen LogP contribution in [0.5, 0.6) is 0 Å². The van der Waals surface area contributed by atoms with Gasteiger partial charge in [-0.15, -0.1) is 17.0 Å². The fourth-order valence-electron chi connectivity index (χ4n) is 1.32. The zero-order valence-corrected chi connectivity index (χ0v) is 11.2. The second-order valence-electron chi connectivity index (χ2n) is 4.51. The van der Waals surface area contributed by atoms with E-state index < -0.39 is 0 Å². The van der Waals surface area contributed by atoms with Crippen molar-refractivity contribution in [2.75, 3.05) is 5.75 Å². The quantitative estimate of drug-likeness (QED) is 0.762. The van der Waals surface area contributed by atoms with Crippen molar-refractivity contribution in [3.8, 4) is 0 Å². The molecular weight excluding hydrogens is 248 g/mol. The summed E-state index contributed by atoms with van der Waals surface area (Å²) in [4.78, 5) is 11.6. The molecule has 1 fully saturated rings. The van der Waals surface area contributed by atoms with Crippen LogP contribution < -0.4 is 0 Å². The van der Waals surface area contributed by atoms with E-state index in [2.05, 4.69) is 0 Å². The highest BCUT2D eigenvalue weighted by Crippen LogP contribution is 2.31. The number of hydrogen-bond acceptors (Lipinski definition) is 2. The molecule has 0 spiro atoms. The molecule has 0 N–H and O–H groups in total. The lowest BCUT2D eigenvalue weighted by Crippen LogP contribution is -2.23. The highest BCUT2D eigenvalue weighted by Gasteiger charge is 2.26. The first-order valence-corrected chi connectivity index (χ1v) is 5.70. The van der Waals surface area contributed by atoms with Crippen molar-refractivity contribution in [1.82, 2.24) is 0 Å². The Morgan fingerprint density at radius 1 is 1.46 bits per heavy atom. The number of ketones is 1. The van der Waals surface area contributed by atoms with Crippen LogP contribution >= 0.6 is 28.7 Å². The average Bonchev–Trinajstić information content (AvgIpc) is 2.37. The number of Topliss-reactive ketones (excluding diaryl/α,β-unsaturated/α-hetero) is 1. The summed E-state index contributed by atoms with van der Waals surface area (Å²) in [7, 11) is 0. The molecule has 0 aromatic heterocycles. The molecule has 13 heavy (non-hydrogen) atoms. The number of rotatable bonds is 2. The van der Waals surface area contributed by atoms with Gasteiger partial charge < -0.3 is 0 Å². The van der Waals surface area contributed by atoms with Gasteiger partial charge in [-0.25, -0.2) is 0 Å². The number of thioether (sulfide) groups is 1. The van der Waals surface area contributed by atoms with E-state index in [1.807, 2.05) is 32.5 Å². The Morgan fingerprint density at radius 3 is 2.46 bits per heavy atom. The zero-order valence-electron chi connectivity index (χ0n) is 8.63. The van der Waals surface area contributed by atoms with Crippen molar-refractivity contribution in [1.29, 1.82) is 0 Å². The maximum absolute atomic E-state index is 11.6. The number of halogens is 1. The van der Waals surface area contributed by atoms with E-state index in [-0.39, 0.29) is 22.4 Å². The SMILES string of the molecule is Br.CC(C)(C)C(=O)CC1CCCS1. The summed E-state index contributed by atoms with van der Waals surface area (Å²) in [5.41, 5.74) is -0.136. The van der Waals surface area contributed by atoms with Gasteiger partial charge in [-0.1, -0.05) is 20.8 Å². The van der Waals surface area contributed by atoms with Crippen molar-refractivity contribution in [2.45, 2.75) is 45.3 Å². The first-order valence-electron chi connectivity index (χ1n) is 4.65. The largest absolute Gasteiger partial charge is 0.299 e. The normalized spacial score (nSPS) is 22.5. The molecule has 1 nitrogen and oxygen atoms in total. The van der Waals surface area contributed by atoms with Crippen LogP contribution in [0.15, 0.2) is 0 Å². The van der Waals surface area contributed by atoms with Crippen molar-refractivity contribution < 1.29 is 4.79 Å². The van der Waals surface area contributed by atoms with E-state index in [9.17, 15) is 4.79 Å². The molecule has 1 rings (SSSR count). The molecule has 0 aromatic rings. The molecule has 0 bridgehead atoms. The third kappa shape index (κ3) is 4.50. The minimum Gasteiger partial charge on any atom is -0.299 e. The van der Waals surface area contributed by atoms with Gasteiger partial charge in [0, 0.05) is 17.1 Å². The van der Waals surface area contributed by atoms with Gasteiger partial charge >= 0.3 is 0 Å². The van der Waals surface area contributed by atoms with Gasteiger partial charge in [0.1, 0.15) is 5.78 Å². The molecule has 0 saturated carbocycles. The van der Waals surface area contributed by atoms with Gasteiger partial charge in [0.15, 0.2) is 0 Å². The lowest BCUT2D eigenvalue weighted by molar-refractivity contribution is -0.126. The summed E-state index contributed by atoms with van der Waals surface area (Å²) in [6, 6.07) is 0. The predicted octanol–water partition coefficient (Wildman–Crippen LogP) is 3.47. The highest BCUT2D eigenvalue weighted by atomic mass is 79.9. The molecule has 1 unspecified atom stereocenters. The van der Waals surface area contributed by atoms with Crippen LogP contribution in [0.1, 0.15) is 40.0 Å². The lowest BCUT2D eigenvalue weighted by Gasteiger charge is -2.18. The average molecular weight is 267 g/mol. The second kappa shape index (κ2) is 5.40. The summed E-state index contributed by atoms with van der Waals surface area (Å²) in [5.74, 6) is 1.67. The van der Waals surface area contributed by atoms with Crippen molar-refractivity contribution >= 4 is 34.5 Å². The Bertz CT molecular complexity index is 168. The van der Waals surface area contributed by atoms with Gasteiger partial charge in [-0.3, -0.25) is 4.79 Å². The van der Waals surface area contributed by atoms with Gasteiger partial charge in [-0.2, -0.15) is 11.8 Å². The summed E-state index contributed by atoms with van der Waals surface area (Å²) in [5, 5.41) is 0.622. The maximum Gasteiger partial charge on any atom is 0.139 e. The number of hydrogen-bond donors (Lipinski definition) is 0. The Kier molecular flexibility index (Phi) is 5.61. The van der Waals surface area contributed by atoms with Crippen LogP contribution in [0.2, 0.25) is 0 Å². The van der Waals surface area contributed by atoms with E-state index in [0.29, 0.717) is 11.0 Å². The van der Waals surface area contributed by atoms with Crippen LogP contribution in [0.4, 0.5) is 0 Å². The zero-order chi connectivity index (χ0) is 9.19. The van der Waals surface area contributed by atoms with Gasteiger partial charge in [0.05, 0.1) is 0 Å². The van der Waals surface area contributed by atoms with Gasteiger partial charge in [0.2, 0.25) is 0 Å². The highest BCUT2D eigenvalue weighted by molar-refractivity contribution is 8.93. The lowest BCUT2D eigenvalue weighted by atomic mass is 9.88. The fourth-order valence-corrected chi connectivity index (χ4v) is 2.59. The molecule has 0 radical (unpaired) electrons. The van der Waals surface area contributed by atoms with E-state index in [4.69, 9.17) is 0 Å². The Balaban J connectivity index is 0.00000144. The maximum atomic E-state index is 11.6. The monoisotopic (exact) mass is 266 g/mol. The Morgan fingerprint density at radius 2 is 2.08 bits per heavy atom. The van der Waals surface area contributed by atoms with Gasteiger partial charge in [-0.05, 0) is 18.6 Å². The first-order chi connectivity index (χ1) is 5.50. The Labute approximate surface area is 95.8 Å².